The lowest BCUT2D eigenvalue weighted by molar-refractivity contribution is 0.390. The predicted molar refractivity (Wildman–Crippen MR) is 64.2 cm³/mol. The van der Waals surface area contributed by atoms with Crippen LogP contribution in [0.5, 0.6) is 0 Å². The largest absolute Gasteiger partial charge is 0.397 e. The van der Waals surface area contributed by atoms with E-state index >= 15 is 0 Å². The molecule has 90 valence electrons. The second-order valence-corrected chi connectivity index (χ2v) is 3.99. The smallest absolute Gasteiger partial charge is 0.133 e. The molecule has 0 aliphatic heterocycles. The summed E-state index contributed by atoms with van der Waals surface area (Å²) in [6.45, 7) is 2.35. The van der Waals surface area contributed by atoms with Crippen LogP contribution in [0.25, 0.3) is 0 Å². The highest BCUT2D eigenvalue weighted by atomic mass is 19.1. The number of aromatic nitrogens is 1. The molecule has 0 atom stereocenters. The fourth-order valence-electron chi connectivity index (χ4n) is 1.67. The SMILES string of the molecule is Cc1cc(CN(C)c2cc(F)ccc2N)no1. The Balaban J connectivity index is 2.19. The summed E-state index contributed by atoms with van der Waals surface area (Å²) in [6.07, 6.45) is 0. The van der Waals surface area contributed by atoms with Crippen LogP contribution >= 0.6 is 0 Å². The molecule has 5 heteroatoms. The Morgan fingerprint density at radius 2 is 2.18 bits per heavy atom. The van der Waals surface area contributed by atoms with Gasteiger partial charge in [-0.15, -0.1) is 0 Å². The highest BCUT2D eigenvalue weighted by Crippen LogP contribution is 2.24. The summed E-state index contributed by atoms with van der Waals surface area (Å²) < 4.78 is 18.1. The van der Waals surface area contributed by atoms with E-state index < -0.39 is 0 Å². The van der Waals surface area contributed by atoms with E-state index in [0.29, 0.717) is 17.9 Å². The van der Waals surface area contributed by atoms with E-state index in [1.165, 1.54) is 12.1 Å². The number of benzene rings is 1. The summed E-state index contributed by atoms with van der Waals surface area (Å²) >= 11 is 0. The van der Waals surface area contributed by atoms with Gasteiger partial charge in [0.05, 0.1) is 17.9 Å². The first kappa shape index (κ1) is 11.4. The number of rotatable bonds is 3. The highest BCUT2D eigenvalue weighted by molar-refractivity contribution is 5.67. The zero-order valence-corrected chi connectivity index (χ0v) is 9.77. The monoisotopic (exact) mass is 235 g/mol. The molecule has 0 bridgehead atoms. The second kappa shape index (κ2) is 4.45. The van der Waals surface area contributed by atoms with Crippen LogP contribution in [-0.4, -0.2) is 12.2 Å². The van der Waals surface area contributed by atoms with Gasteiger partial charge in [0.25, 0.3) is 0 Å². The summed E-state index contributed by atoms with van der Waals surface area (Å²) in [4.78, 5) is 1.83. The molecule has 2 N–H and O–H groups in total. The summed E-state index contributed by atoms with van der Waals surface area (Å²) in [5.74, 6) is 0.443. The quantitative estimate of drug-likeness (QED) is 0.829. The van der Waals surface area contributed by atoms with Gasteiger partial charge >= 0.3 is 0 Å². The Bertz CT molecular complexity index is 524. The van der Waals surface area contributed by atoms with Crippen molar-refractivity contribution in [3.63, 3.8) is 0 Å². The van der Waals surface area contributed by atoms with Gasteiger partial charge in [-0.1, -0.05) is 5.16 Å². The van der Waals surface area contributed by atoms with Gasteiger partial charge in [0.2, 0.25) is 0 Å². The molecule has 0 saturated carbocycles. The van der Waals surface area contributed by atoms with Crippen molar-refractivity contribution in [3.8, 4) is 0 Å². The zero-order valence-electron chi connectivity index (χ0n) is 9.77. The molecule has 0 spiro atoms. The van der Waals surface area contributed by atoms with E-state index in [9.17, 15) is 4.39 Å². The molecule has 1 aromatic carbocycles. The van der Waals surface area contributed by atoms with Crippen molar-refractivity contribution in [2.75, 3.05) is 17.7 Å². The standard InChI is InChI=1S/C12H14FN3O/c1-8-5-10(15-17-8)7-16(2)12-6-9(13)3-4-11(12)14/h3-6H,7,14H2,1-2H3. The average Bonchev–Trinajstić information content (AvgIpc) is 2.67. The number of anilines is 2. The van der Waals surface area contributed by atoms with Crippen molar-refractivity contribution < 1.29 is 8.91 Å². The van der Waals surface area contributed by atoms with Crippen LogP contribution in [0.15, 0.2) is 28.8 Å². The molecule has 0 unspecified atom stereocenters. The summed E-state index contributed by atoms with van der Waals surface area (Å²) in [6, 6.07) is 6.14. The van der Waals surface area contributed by atoms with Crippen molar-refractivity contribution in [1.29, 1.82) is 0 Å². The maximum absolute atomic E-state index is 13.1. The maximum Gasteiger partial charge on any atom is 0.133 e. The van der Waals surface area contributed by atoms with Crippen LogP contribution in [0.3, 0.4) is 0 Å². The van der Waals surface area contributed by atoms with Gasteiger partial charge in [0.1, 0.15) is 17.3 Å². The molecular weight excluding hydrogens is 221 g/mol. The summed E-state index contributed by atoms with van der Waals surface area (Å²) in [7, 11) is 1.83. The zero-order chi connectivity index (χ0) is 12.4. The predicted octanol–water partition coefficient (Wildman–Crippen LogP) is 2.34. The van der Waals surface area contributed by atoms with Crippen molar-refractivity contribution in [2.24, 2.45) is 0 Å². The van der Waals surface area contributed by atoms with Gasteiger partial charge in [-0.3, -0.25) is 0 Å². The van der Waals surface area contributed by atoms with E-state index in [1.54, 1.807) is 6.07 Å². The van der Waals surface area contributed by atoms with E-state index in [4.69, 9.17) is 10.3 Å². The van der Waals surface area contributed by atoms with Gasteiger partial charge in [-0.05, 0) is 25.1 Å². The van der Waals surface area contributed by atoms with Gasteiger partial charge in [-0.25, -0.2) is 4.39 Å². The second-order valence-electron chi connectivity index (χ2n) is 3.99. The van der Waals surface area contributed by atoms with Crippen LogP contribution < -0.4 is 10.6 Å². The Hall–Kier alpha value is -2.04. The molecule has 17 heavy (non-hydrogen) atoms. The van der Waals surface area contributed by atoms with Crippen LogP contribution in [-0.2, 0) is 6.54 Å². The Kier molecular flexibility index (Phi) is 2.99. The van der Waals surface area contributed by atoms with Gasteiger partial charge in [0.15, 0.2) is 0 Å². The highest BCUT2D eigenvalue weighted by Gasteiger charge is 2.09. The Morgan fingerprint density at radius 3 is 2.82 bits per heavy atom. The maximum atomic E-state index is 13.1. The molecule has 0 saturated heterocycles. The first-order chi connectivity index (χ1) is 8.06. The number of nitrogen functional groups attached to an aromatic ring is 1. The first-order valence-corrected chi connectivity index (χ1v) is 5.24. The average molecular weight is 235 g/mol. The Morgan fingerprint density at radius 1 is 1.41 bits per heavy atom. The number of hydrogen-bond donors (Lipinski definition) is 1. The number of hydrogen-bond acceptors (Lipinski definition) is 4. The molecule has 1 aromatic heterocycles. The third kappa shape index (κ3) is 2.55. The van der Waals surface area contributed by atoms with Crippen molar-refractivity contribution in [2.45, 2.75) is 13.5 Å². The van der Waals surface area contributed by atoms with Crippen LogP contribution in [0.4, 0.5) is 15.8 Å². The van der Waals surface area contributed by atoms with Crippen LogP contribution in [0.1, 0.15) is 11.5 Å². The topological polar surface area (TPSA) is 55.3 Å². The molecule has 0 radical (unpaired) electrons. The molecular formula is C12H14FN3O. The van der Waals surface area contributed by atoms with E-state index in [-0.39, 0.29) is 5.82 Å². The lowest BCUT2D eigenvalue weighted by Crippen LogP contribution is -2.18. The lowest BCUT2D eigenvalue weighted by Gasteiger charge is -2.19. The fourth-order valence-corrected chi connectivity index (χ4v) is 1.67. The minimum atomic E-state index is -0.308. The van der Waals surface area contributed by atoms with Gasteiger partial charge < -0.3 is 15.2 Å². The minimum Gasteiger partial charge on any atom is -0.397 e. The normalized spacial score (nSPS) is 10.5. The first-order valence-electron chi connectivity index (χ1n) is 5.24. The molecule has 2 rings (SSSR count). The molecule has 0 amide bonds. The van der Waals surface area contributed by atoms with E-state index in [2.05, 4.69) is 5.16 Å². The van der Waals surface area contributed by atoms with Gasteiger partial charge in [-0.2, -0.15) is 0 Å². The van der Waals surface area contributed by atoms with E-state index in [0.717, 1.165) is 11.5 Å². The van der Waals surface area contributed by atoms with Crippen molar-refractivity contribution in [3.05, 3.63) is 41.5 Å². The van der Waals surface area contributed by atoms with Gasteiger partial charge in [0, 0.05) is 13.1 Å². The molecule has 1 heterocycles. The van der Waals surface area contributed by atoms with Crippen LogP contribution in [0, 0.1) is 12.7 Å². The number of aryl methyl sites for hydroxylation is 1. The van der Waals surface area contributed by atoms with Crippen molar-refractivity contribution >= 4 is 11.4 Å². The number of nitrogens with zero attached hydrogens (tertiary/aromatic N) is 2. The third-order valence-corrected chi connectivity index (χ3v) is 2.48. The molecule has 0 fully saturated rings. The fraction of sp³-hybridized carbons (Fsp3) is 0.250. The molecule has 4 nitrogen and oxygen atoms in total. The minimum absolute atomic E-state index is 0.308. The third-order valence-electron chi connectivity index (χ3n) is 2.48. The Labute approximate surface area is 98.8 Å². The lowest BCUT2D eigenvalue weighted by atomic mass is 10.2. The van der Waals surface area contributed by atoms with E-state index in [1.807, 2.05) is 24.9 Å². The van der Waals surface area contributed by atoms with Crippen molar-refractivity contribution in [1.82, 2.24) is 5.16 Å². The number of halogens is 1. The molecule has 2 aromatic rings. The summed E-state index contributed by atoms with van der Waals surface area (Å²) in [5, 5.41) is 3.88. The summed E-state index contributed by atoms with van der Waals surface area (Å²) in [5.41, 5.74) is 7.76. The molecule has 0 aliphatic carbocycles. The van der Waals surface area contributed by atoms with Crippen LogP contribution in [0.2, 0.25) is 0 Å². The molecule has 0 aliphatic rings. The number of nitrogens with two attached hydrogens (primary N) is 1.